The molecule has 5 aliphatic rings. The van der Waals surface area contributed by atoms with E-state index in [1.54, 1.807) is 60.7 Å². The number of benzene rings is 7. The number of nitro benzene ring substituents is 1. The first-order chi connectivity index (χ1) is 39.3. The number of aliphatic hydroxyl groups is 1. The van der Waals surface area contributed by atoms with Gasteiger partial charge in [0.1, 0.15) is 13.2 Å². The van der Waals surface area contributed by atoms with Crippen molar-refractivity contribution in [2.45, 2.75) is 83.5 Å². The lowest BCUT2D eigenvalue weighted by Crippen LogP contribution is -2.14. The Hall–Kier alpha value is -9.08. The van der Waals surface area contributed by atoms with Gasteiger partial charge in [0, 0.05) is 75.1 Å². The lowest BCUT2D eigenvalue weighted by atomic mass is 10.1. The number of carbonyl (C=O) groups excluding carboxylic acids is 6. The van der Waals surface area contributed by atoms with Gasteiger partial charge in [-0.2, -0.15) is 0 Å². The van der Waals surface area contributed by atoms with Gasteiger partial charge in [0.15, 0.2) is 23.1 Å². The van der Waals surface area contributed by atoms with E-state index < -0.39 is 23.2 Å². The first kappa shape index (κ1) is 58.1. The average Bonchev–Trinajstić information content (AvgIpc) is 4.29. The molecule has 0 heterocycles. The van der Waals surface area contributed by atoms with Gasteiger partial charge in [-0.1, -0.05) is 140 Å². The van der Waals surface area contributed by atoms with Crippen LogP contribution in [-0.2, 0) is 22.7 Å². The molecule has 15 heteroatoms. The molecule has 0 radical (unpaired) electrons. The summed E-state index contributed by atoms with van der Waals surface area (Å²) in [5.41, 5.74) is 12.9. The van der Waals surface area contributed by atoms with Crippen LogP contribution in [0.15, 0.2) is 188 Å². The van der Waals surface area contributed by atoms with E-state index >= 15 is 0 Å². The third-order valence-corrected chi connectivity index (χ3v) is 13.7. The summed E-state index contributed by atoms with van der Waals surface area (Å²) in [5, 5.41) is 25.9. The minimum Gasteiger partial charge on any atom is -0.444 e. The number of nitrogens with zero attached hydrogens (tertiary/aromatic N) is 1. The number of nitrogens with one attached hydrogen (secondary N) is 2. The molecule has 7 aromatic carbocycles. The number of non-ortho nitro benzene ring substituents is 1. The molecule has 5 saturated carbocycles. The van der Waals surface area contributed by atoms with Gasteiger partial charge in [0.25, 0.3) is 5.69 Å². The minimum absolute atomic E-state index is 0.0171. The lowest BCUT2D eigenvalue weighted by Gasteiger charge is -2.12. The number of rotatable bonds is 17. The molecule has 2 amide bonds. The fraction of sp³-hybridized carbons (Fsp3) is 0.273. The van der Waals surface area contributed by atoms with Crippen LogP contribution in [0.4, 0.5) is 32.3 Å². The monoisotopic (exact) mass is 1090 g/mol. The average molecular weight is 1090 g/mol. The van der Waals surface area contributed by atoms with Gasteiger partial charge in [-0.3, -0.25) is 39.9 Å². The van der Waals surface area contributed by atoms with Gasteiger partial charge in [0.05, 0.1) is 11.0 Å². The molecule has 15 nitrogen and oxygen atoms in total. The van der Waals surface area contributed by atoms with Crippen molar-refractivity contribution in [3.05, 3.63) is 237 Å². The van der Waals surface area contributed by atoms with Crippen LogP contribution in [0.5, 0.6) is 0 Å². The number of nitro groups is 1. The van der Waals surface area contributed by atoms with E-state index in [4.69, 9.17) is 15.2 Å². The molecule has 1 unspecified atom stereocenters. The Bertz CT molecular complexity index is 3280. The molecule has 5 N–H and O–H groups in total. The topological polar surface area (TPSA) is 234 Å². The highest BCUT2D eigenvalue weighted by molar-refractivity contribution is 6.02. The number of hydrogen-bond donors (Lipinski definition) is 4. The van der Waals surface area contributed by atoms with Gasteiger partial charge < -0.3 is 20.3 Å². The second kappa shape index (κ2) is 28.7. The SMILES string of the molecule is Nc1cccc(C(=O)C2CC2)c1.O=C(Nc1cccc(C(=O)C2CC2)c1)OCc1ccccc1.O=C(Nc1cccc(C(O)C2CC2)c1)OCc1ccccc1.O=C(c1cccc([N+](=O)[O-])c1)C1CC1.O=C(c1ccccc1)C1CC1. The Morgan fingerprint density at radius 1 is 0.469 bits per heavy atom. The lowest BCUT2D eigenvalue weighted by molar-refractivity contribution is -0.384. The van der Waals surface area contributed by atoms with E-state index in [-0.39, 0.29) is 54.0 Å². The van der Waals surface area contributed by atoms with Gasteiger partial charge in [-0.15, -0.1) is 0 Å². The molecule has 416 valence electrons. The van der Waals surface area contributed by atoms with Gasteiger partial charge in [-0.25, -0.2) is 9.59 Å². The van der Waals surface area contributed by atoms with Crippen LogP contribution in [0.3, 0.4) is 0 Å². The summed E-state index contributed by atoms with van der Waals surface area (Å²) in [6.07, 6.45) is 8.72. The van der Waals surface area contributed by atoms with Gasteiger partial charge in [-0.05, 0) is 123 Å². The van der Waals surface area contributed by atoms with Crippen LogP contribution in [0.1, 0.15) is 128 Å². The molecule has 12 rings (SSSR count). The fourth-order valence-electron chi connectivity index (χ4n) is 8.38. The molecule has 7 aromatic rings. The van der Waals surface area contributed by atoms with E-state index in [1.807, 2.05) is 115 Å². The van der Waals surface area contributed by atoms with Crippen molar-refractivity contribution in [1.82, 2.24) is 0 Å². The van der Waals surface area contributed by atoms with E-state index in [9.17, 15) is 44.0 Å². The minimum atomic E-state index is -0.528. The van der Waals surface area contributed by atoms with Crippen LogP contribution < -0.4 is 16.4 Å². The quantitative estimate of drug-likeness (QED) is 0.0288. The van der Waals surface area contributed by atoms with Crippen LogP contribution in [-0.4, -0.2) is 45.3 Å². The number of Topliss-reactive ketones (excluding diaryl/α,β-unsaturated/α-hetero) is 4. The number of carbonyl (C=O) groups is 6. The molecule has 5 fully saturated rings. The summed E-state index contributed by atoms with van der Waals surface area (Å²) in [6.45, 7) is 0.449. The largest absolute Gasteiger partial charge is 0.444 e. The maximum Gasteiger partial charge on any atom is 0.411 e. The van der Waals surface area contributed by atoms with Crippen molar-refractivity contribution in [3.63, 3.8) is 0 Å². The standard InChI is InChI=1S/C18H19NO3.C18H17NO3.C10H9NO3.C10H11NO.C10H10O/c2*20-17(14-9-10-14)15-7-4-8-16(11-15)19-18(21)22-12-13-5-2-1-3-6-13;12-10(7-4-5-7)8-2-1-3-9(6-8)11(13)14;11-9-3-1-2-8(6-9)10(12)7-4-5-7;11-10(9-6-7-9)8-4-2-1-3-5-8/h1-8,11,14,17,20H,9-10,12H2,(H,19,21);1-8,11,14H,9-10,12H2,(H,19,21);1-3,6-7H,4-5H2;1-3,6-7H,4-5,11H2;1-5,9H,6-7H2. The van der Waals surface area contributed by atoms with Crippen LogP contribution in [0.25, 0.3) is 0 Å². The number of aliphatic hydroxyl groups excluding tert-OH is 1. The number of nitrogen functional groups attached to an aromatic ring is 1. The fourth-order valence-corrected chi connectivity index (χ4v) is 8.38. The molecule has 0 aromatic heterocycles. The van der Waals surface area contributed by atoms with Crippen molar-refractivity contribution >= 4 is 58.1 Å². The van der Waals surface area contributed by atoms with Crippen LogP contribution in [0, 0.1) is 39.7 Å². The highest BCUT2D eigenvalue weighted by Crippen LogP contribution is 2.41. The van der Waals surface area contributed by atoms with Crippen molar-refractivity contribution in [1.29, 1.82) is 0 Å². The van der Waals surface area contributed by atoms with Crippen molar-refractivity contribution in [2.24, 2.45) is 29.6 Å². The number of anilines is 3. The number of ether oxygens (including phenoxy) is 2. The van der Waals surface area contributed by atoms with Gasteiger partial charge in [0.2, 0.25) is 0 Å². The predicted molar refractivity (Wildman–Crippen MR) is 310 cm³/mol. The second-order valence-electron chi connectivity index (χ2n) is 20.7. The number of nitrogens with two attached hydrogens (primary N) is 1. The summed E-state index contributed by atoms with van der Waals surface area (Å²) in [7, 11) is 0. The molecular formula is C66H66N4O11. The van der Waals surface area contributed by atoms with Crippen LogP contribution >= 0.6 is 0 Å². The Balaban J connectivity index is 0.000000137. The summed E-state index contributed by atoms with van der Waals surface area (Å²) >= 11 is 0. The molecule has 0 aliphatic heterocycles. The maximum absolute atomic E-state index is 12.0. The zero-order valence-corrected chi connectivity index (χ0v) is 44.9. The smallest absolute Gasteiger partial charge is 0.411 e. The van der Waals surface area contributed by atoms with E-state index in [0.29, 0.717) is 45.8 Å². The highest BCUT2D eigenvalue weighted by Gasteiger charge is 2.33. The molecule has 1 atom stereocenters. The Labute approximate surface area is 471 Å². The van der Waals surface area contributed by atoms with Crippen molar-refractivity contribution in [3.8, 4) is 0 Å². The molecule has 0 saturated heterocycles. The van der Waals surface area contributed by atoms with Crippen molar-refractivity contribution in [2.75, 3.05) is 16.4 Å². The van der Waals surface area contributed by atoms with Crippen molar-refractivity contribution < 1.29 is 48.3 Å². The van der Waals surface area contributed by atoms with Crippen LogP contribution in [0.2, 0.25) is 0 Å². The molecule has 0 spiro atoms. The predicted octanol–water partition coefficient (Wildman–Crippen LogP) is 14.2. The van der Waals surface area contributed by atoms with E-state index in [1.165, 1.54) is 12.1 Å². The zero-order chi connectivity index (χ0) is 57.1. The normalized spacial score (nSPS) is 15.0. The summed E-state index contributed by atoms with van der Waals surface area (Å²) in [6, 6.07) is 55.9. The summed E-state index contributed by atoms with van der Waals surface area (Å²) in [5.74, 6) is 2.03. The van der Waals surface area contributed by atoms with Gasteiger partial charge >= 0.3 is 12.2 Å². The molecule has 0 bridgehead atoms. The second-order valence-corrected chi connectivity index (χ2v) is 20.7. The Kier molecular flexibility index (Phi) is 20.6. The van der Waals surface area contributed by atoms with E-state index in [0.717, 1.165) is 92.0 Å². The third-order valence-electron chi connectivity index (χ3n) is 13.7. The summed E-state index contributed by atoms with van der Waals surface area (Å²) in [4.78, 5) is 80.1. The first-order valence-electron chi connectivity index (χ1n) is 27.4. The number of ketones is 4. The zero-order valence-electron chi connectivity index (χ0n) is 44.9. The van der Waals surface area contributed by atoms with E-state index in [2.05, 4.69) is 10.6 Å². The number of hydrogen-bond acceptors (Lipinski definition) is 12. The molecule has 5 aliphatic carbocycles. The third kappa shape index (κ3) is 19.4. The Morgan fingerprint density at radius 2 is 0.852 bits per heavy atom. The Morgan fingerprint density at radius 3 is 1.30 bits per heavy atom. The molecule has 81 heavy (non-hydrogen) atoms. The highest BCUT2D eigenvalue weighted by atomic mass is 16.6. The molecular weight excluding hydrogens is 1020 g/mol. The maximum atomic E-state index is 12.0. The first-order valence-corrected chi connectivity index (χ1v) is 27.4. The summed E-state index contributed by atoms with van der Waals surface area (Å²) < 4.78 is 10.3. The number of amides is 2.